The smallest absolute Gasteiger partial charge is 0.341 e. The highest BCUT2D eigenvalue weighted by molar-refractivity contribution is 7.92. The summed E-state index contributed by atoms with van der Waals surface area (Å²) in [4.78, 5) is 14.1. The van der Waals surface area contributed by atoms with Crippen LogP contribution in [0.3, 0.4) is 0 Å². The Labute approximate surface area is 204 Å². The van der Waals surface area contributed by atoms with E-state index in [1.54, 1.807) is 18.2 Å². The number of halogens is 1. The second-order valence-corrected chi connectivity index (χ2v) is 10.2. The van der Waals surface area contributed by atoms with Crippen molar-refractivity contribution in [2.24, 2.45) is 0 Å². The van der Waals surface area contributed by atoms with Gasteiger partial charge in [-0.15, -0.1) is 0 Å². The number of hydrogen-bond acceptors (Lipinski definition) is 6. The number of rotatable bonds is 9. The maximum absolute atomic E-state index is 14.0. The van der Waals surface area contributed by atoms with Gasteiger partial charge in [-0.25, -0.2) is 17.6 Å². The predicted molar refractivity (Wildman–Crippen MR) is 130 cm³/mol. The molecule has 10 heteroatoms. The summed E-state index contributed by atoms with van der Waals surface area (Å²) in [7, 11) is -4.25. The van der Waals surface area contributed by atoms with E-state index in [0.29, 0.717) is 18.7 Å². The van der Waals surface area contributed by atoms with Gasteiger partial charge in [-0.1, -0.05) is 32.1 Å². The van der Waals surface area contributed by atoms with Gasteiger partial charge in [-0.3, -0.25) is 4.72 Å². The van der Waals surface area contributed by atoms with E-state index in [9.17, 15) is 22.7 Å². The normalized spacial score (nSPS) is 19.4. The minimum atomic E-state index is -4.25. The van der Waals surface area contributed by atoms with Crippen molar-refractivity contribution in [1.29, 1.82) is 0 Å². The lowest BCUT2D eigenvalue weighted by molar-refractivity contribution is 0.0484. The van der Waals surface area contributed by atoms with Gasteiger partial charge >= 0.3 is 5.97 Å². The number of anilines is 1. The molecule has 2 heterocycles. The molecule has 4 rings (SSSR count). The molecule has 0 saturated carbocycles. The van der Waals surface area contributed by atoms with Crippen molar-refractivity contribution in [3.05, 3.63) is 58.9 Å². The first-order chi connectivity index (χ1) is 16.7. The van der Waals surface area contributed by atoms with Gasteiger partial charge in [0, 0.05) is 24.6 Å². The average Bonchev–Trinajstić information content (AvgIpc) is 3.30. The molecule has 8 nitrogen and oxygen atoms in total. The lowest BCUT2D eigenvalue weighted by Gasteiger charge is -2.29. The monoisotopic (exact) mass is 504 g/mol. The molecule has 1 fully saturated rings. The lowest BCUT2D eigenvalue weighted by Crippen LogP contribution is -2.29. The molecule has 35 heavy (non-hydrogen) atoms. The van der Waals surface area contributed by atoms with E-state index < -0.39 is 21.8 Å². The second-order valence-electron chi connectivity index (χ2n) is 8.50. The van der Waals surface area contributed by atoms with E-state index in [-0.39, 0.29) is 46.1 Å². The van der Waals surface area contributed by atoms with Crippen LogP contribution in [0.15, 0.2) is 41.3 Å². The molecule has 2 atom stereocenters. The van der Waals surface area contributed by atoms with Gasteiger partial charge in [0.25, 0.3) is 10.0 Å². The molecule has 2 aromatic rings. The van der Waals surface area contributed by atoms with Crippen LogP contribution in [0.5, 0.6) is 5.75 Å². The number of benzene rings is 2. The van der Waals surface area contributed by atoms with E-state index in [4.69, 9.17) is 9.47 Å². The summed E-state index contributed by atoms with van der Waals surface area (Å²) in [5.41, 5.74) is 0.496. The van der Waals surface area contributed by atoms with Gasteiger partial charge in [-0.05, 0) is 49.3 Å². The second kappa shape index (κ2) is 10.3. The number of ether oxygens (including phenoxy) is 2. The Hall–Kier alpha value is -2.95. The number of aromatic carboxylic acids is 1. The zero-order valence-corrected chi connectivity index (χ0v) is 20.5. The summed E-state index contributed by atoms with van der Waals surface area (Å²) in [6.45, 7) is 7.01. The van der Waals surface area contributed by atoms with Crippen LogP contribution in [-0.2, 0) is 14.8 Å². The van der Waals surface area contributed by atoms with Crippen LogP contribution in [0.4, 0.5) is 10.1 Å². The highest BCUT2D eigenvalue weighted by Crippen LogP contribution is 2.44. The van der Waals surface area contributed by atoms with E-state index in [1.807, 2.05) is 13.8 Å². The molecule has 0 spiro atoms. The third-order valence-electron chi connectivity index (χ3n) is 6.46. The standard InChI is InChI=1S/C25H29FN2O6S/c1-3-28(4-2)12-5-6-16-14-17(26)7-10-22(16)35(31,32)27-20-9-8-19-18-11-13-33-21(18)15-34-24(19)23(20)25(29)30/h5-10,14,18,21,27H,3-4,11-13,15H2,1-2H3,(H,29,30)/t18-,21+/m0/s1. The summed E-state index contributed by atoms with van der Waals surface area (Å²) < 4.78 is 54.4. The Bertz CT molecular complexity index is 1240. The van der Waals surface area contributed by atoms with Gasteiger partial charge in [0.05, 0.1) is 16.7 Å². The van der Waals surface area contributed by atoms with Crippen LogP contribution in [-0.4, -0.2) is 63.3 Å². The van der Waals surface area contributed by atoms with Gasteiger partial charge < -0.3 is 19.5 Å². The highest BCUT2D eigenvalue weighted by Gasteiger charge is 2.38. The number of nitrogens with zero attached hydrogens (tertiary/aromatic N) is 1. The zero-order valence-electron chi connectivity index (χ0n) is 19.7. The largest absolute Gasteiger partial charge is 0.490 e. The number of nitrogens with one attached hydrogen (secondary N) is 1. The average molecular weight is 505 g/mol. The van der Waals surface area contributed by atoms with E-state index in [1.165, 1.54) is 12.1 Å². The molecule has 0 aromatic heterocycles. The third-order valence-corrected chi connectivity index (χ3v) is 7.90. The van der Waals surface area contributed by atoms with Gasteiger partial charge in [0.15, 0.2) is 0 Å². The summed E-state index contributed by atoms with van der Waals surface area (Å²) in [5.74, 6) is -1.73. The van der Waals surface area contributed by atoms with Crippen LogP contribution in [0.1, 0.15) is 47.7 Å². The van der Waals surface area contributed by atoms with Crippen molar-refractivity contribution in [1.82, 2.24) is 4.90 Å². The molecule has 2 aromatic carbocycles. The number of fused-ring (bicyclic) bond motifs is 3. The molecular weight excluding hydrogens is 475 g/mol. The Kier molecular flexibility index (Phi) is 7.44. The zero-order chi connectivity index (χ0) is 25.2. The van der Waals surface area contributed by atoms with Crippen molar-refractivity contribution >= 4 is 27.8 Å². The molecule has 2 aliphatic heterocycles. The first-order valence-electron chi connectivity index (χ1n) is 11.6. The summed E-state index contributed by atoms with van der Waals surface area (Å²) in [6.07, 6.45) is 3.93. The van der Waals surface area contributed by atoms with Crippen molar-refractivity contribution in [3.8, 4) is 5.75 Å². The summed E-state index contributed by atoms with van der Waals surface area (Å²) >= 11 is 0. The number of carbonyl (C=O) groups is 1. The topological polar surface area (TPSA) is 105 Å². The molecule has 1 saturated heterocycles. The molecule has 0 amide bonds. The third kappa shape index (κ3) is 5.19. The molecule has 188 valence electrons. The van der Waals surface area contributed by atoms with Crippen LogP contribution in [0.2, 0.25) is 0 Å². The van der Waals surface area contributed by atoms with Crippen LogP contribution in [0.25, 0.3) is 6.08 Å². The summed E-state index contributed by atoms with van der Waals surface area (Å²) in [6, 6.07) is 6.49. The van der Waals surface area contributed by atoms with Gasteiger partial charge in [-0.2, -0.15) is 0 Å². The van der Waals surface area contributed by atoms with Crippen LogP contribution >= 0.6 is 0 Å². The Morgan fingerprint density at radius 3 is 2.74 bits per heavy atom. The Balaban J connectivity index is 1.68. The maximum Gasteiger partial charge on any atom is 0.341 e. The highest BCUT2D eigenvalue weighted by atomic mass is 32.2. The Morgan fingerprint density at radius 2 is 2.03 bits per heavy atom. The summed E-state index contributed by atoms with van der Waals surface area (Å²) in [5, 5.41) is 9.92. The molecule has 2 N–H and O–H groups in total. The molecule has 0 radical (unpaired) electrons. The van der Waals surface area contributed by atoms with Crippen LogP contribution < -0.4 is 9.46 Å². The fraction of sp³-hybridized carbons (Fsp3) is 0.400. The van der Waals surface area contributed by atoms with Crippen LogP contribution in [0, 0.1) is 5.82 Å². The Morgan fingerprint density at radius 1 is 1.26 bits per heavy atom. The number of hydrogen-bond donors (Lipinski definition) is 2. The van der Waals surface area contributed by atoms with Gasteiger partial charge in [0.2, 0.25) is 0 Å². The fourth-order valence-electron chi connectivity index (χ4n) is 4.58. The van der Waals surface area contributed by atoms with E-state index in [2.05, 4.69) is 9.62 Å². The van der Waals surface area contributed by atoms with E-state index in [0.717, 1.165) is 31.6 Å². The molecule has 0 bridgehead atoms. The molecule has 0 aliphatic carbocycles. The van der Waals surface area contributed by atoms with Gasteiger partial charge in [0.1, 0.15) is 23.7 Å². The minimum Gasteiger partial charge on any atom is -0.490 e. The number of likely N-dealkylation sites (N-methyl/N-ethyl adjacent to an activating group) is 1. The predicted octanol–water partition coefficient (Wildman–Crippen LogP) is 3.94. The molecule has 0 unspecified atom stereocenters. The number of sulfonamides is 1. The number of carboxylic acids is 1. The van der Waals surface area contributed by atoms with Crippen molar-refractivity contribution in [2.45, 2.75) is 37.2 Å². The lowest BCUT2D eigenvalue weighted by atomic mass is 9.88. The quantitative estimate of drug-likeness (QED) is 0.533. The molecular formula is C25H29FN2O6S. The van der Waals surface area contributed by atoms with Crippen molar-refractivity contribution < 1.29 is 32.2 Å². The maximum atomic E-state index is 14.0. The first-order valence-corrected chi connectivity index (χ1v) is 13.1. The van der Waals surface area contributed by atoms with E-state index >= 15 is 0 Å². The van der Waals surface area contributed by atoms with Crippen molar-refractivity contribution in [2.75, 3.05) is 37.6 Å². The SMILES string of the molecule is CCN(CC)CC=Cc1cc(F)ccc1S(=O)(=O)Nc1ccc2c(c1C(=O)O)OC[C@H]1OCC[C@@H]21. The molecule has 2 aliphatic rings. The first kappa shape index (κ1) is 25.2. The number of carboxylic acid groups (broad SMARTS) is 1. The minimum absolute atomic E-state index is 0.00199. The fourth-order valence-corrected chi connectivity index (χ4v) is 5.84. The van der Waals surface area contributed by atoms with Crippen molar-refractivity contribution in [3.63, 3.8) is 0 Å².